The maximum Gasteiger partial charge on any atom is 0.253 e. The highest BCUT2D eigenvalue weighted by Gasteiger charge is 2.18. The van der Waals surface area contributed by atoms with Crippen molar-refractivity contribution in [3.63, 3.8) is 0 Å². The Morgan fingerprint density at radius 1 is 1.19 bits per heavy atom. The molecule has 1 aromatic carbocycles. The molecule has 32 heavy (non-hydrogen) atoms. The Kier molecular flexibility index (Phi) is 5.98. The Bertz CT molecular complexity index is 1280. The van der Waals surface area contributed by atoms with Crippen LogP contribution in [0.3, 0.4) is 0 Å². The van der Waals surface area contributed by atoms with Crippen molar-refractivity contribution in [2.75, 3.05) is 11.9 Å². The molecule has 164 valence electrons. The molecule has 2 N–H and O–H groups in total. The fourth-order valence-electron chi connectivity index (χ4n) is 3.47. The summed E-state index contributed by atoms with van der Waals surface area (Å²) in [5.41, 5.74) is 4.86. The number of nitrogens with one attached hydrogen (secondary N) is 2. The number of carbonyl (C=O) groups is 2. The molecule has 4 aromatic rings. The Morgan fingerprint density at radius 2 is 2.03 bits per heavy atom. The van der Waals surface area contributed by atoms with Crippen LogP contribution in [0.15, 0.2) is 47.6 Å². The number of aryl methyl sites for hydroxylation is 2. The second-order valence-electron chi connectivity index (χ2n) is 7.57. The predicted octanol–water partition coefficient (Wildman–Crippen LogP) is 3.64. The second kappa shape index (κ2) is 9.01. The van der Waals surface area contributed by atoms with E-state index in [2.05, 4.69) is 25.9 Å². The Balaban J connectivity index is 1.65. The SMILES string of the molecule is CCCNC(=O)c1cn2ncnc(Nc3cc(C(=O)Cc4ccon4)ccc3C)c2c1C. The maximum atomic E-state index is 12.7. The quantitative estimate of drug-likeness (QED) is 0.409. The highest BCUT2D eigenvalue weighted by molar-refractivity contribution is 6.00. The number of hydrogen-bond acceptors (Lipinski definition) is 7. The van der Waals surface area contributed by atoms with E-state index in [9.17, 15) is 9.59 Å². The Hall–Kier alpha value is -4.01. The summed E-state index contributed by atoms with van der Waals surface area (Å²) in [5, 5.41) is 14.3. The average molecular weight is 432 g/mol. The van der Waals surface area contributed by atoms with E-state index in [1.165, 1.54) is 12.6 Å². The summed E-state index contributed by atoms with van der Waals surface area (Å²) in [7, 11) is 0. The number of amides is 1. The van der Waals surface area contributed by atoms with Crippen LogP contribution in [0.1, 0.15) is 50.9 Å². The summed E-state index contributed by atoms with van der Waals surface area (Å²) < 4.78 is 6.45. The van der Waals surface area contributed by atoms with Gasteiger partial charge in [0.2, 0.25) is 0 Å². The van der Waals surface area contributed by atoms with Gasteiger partial charge in [0.05, 0.1) is 17.7 Å². The van der Waals surface area contributed by atoms with E-state index in [-0.39, 0.29) is 18.1 Å². The van der Waals surface area contributed by atoms with Crippen molar-refractivity contribution >= 4 is 28.7 Å². The lowest BCUT2D eigenvalue weighted by Gasteiger charge is -2.12. The number of hydrogen-bond donors (Lipinski definition) is 2. The van der Waals surface area contributed by atoms with E-state index in [4.69, 9.17) is 4.52 Å². The van der Waals surface area contributed by atoms with Crippen LogP contribution in [0.25, 0.3) is 5.52 Å². The second-order valence-corrected chi connectivity index (χ2v) is 7.57. The maximum absolute atomic E-state index is 12.7. The van der Waals surface area contributed by atoms with Gasteiger partial charge in [-0.1, -0.05) is 24.2 Å². The minimum Gasteiger partial charge on any atom is -0.364 e. The lowest BCUT2D eigenvalue weighted by Crippen LogP contribution is -2.24. The molecule has 0 fully saturated rings. The van der Waals surface area contributed by atoms with Crippen molar-refractivity contribution in [2.24, 2.45) is 0 Å². The fraction of sp³-hybridized carbons (Fsp3) is 0.261. The van der Waals surface area contributed by atoms with Gasteiger partial charge in [-0.05, 0) is 37.5 Å². The molecule has 9 nitrogen and oxygen atoms in total. The number of carbonyl (C=O) groups excluding carboxylic acids is 2. The summed E-state index contributed by atoms with van der Waals surface area (Å²) in [6, 6.07) is 7.14. The standard InChI is InChI=1S/C23H24N6O3/c1-4-8-24-23(31)18-12-29-21(15(18)3)22(25-13-26-29)27-19-10-16(6-5-14(19)2)20(30)11-17-7-9-32-28-17/h5-7,9-10,12-13H,4,8,11H2,1-3H3,(H,24,31)(H,25,26,27). The summed E-state index contributed by atoms with van der Waals surface area (Å²) in [4.78, 5) is 29.6. The molecule has 0 atom stereocenters. The van der Waals surface area contributed by atoms with Gasteiger partial charge in [-0.3, -0.25) is 9.59 Å². The lowest BCUT2D eigenvalue weighted by molar-refractivity contribution is 0.0951. The third-order valence-corrected chi connectivity index (χ3v) is 5.25. The third-order valence-electron chi connectivity index (χ3n) is 5.25. The van der Waals surface area contributed by atoms with E-state index < -0.39 is 0 Å². The van der Waals surface area contributed by atoms with E-state index in [1.54, 1.807) is 28.9 Å². The van der Waals surface area contributed by atoms with Crippen molar-refractivity contribution in [3.05, 3.63) is 71.0 Å². The van der Waals surface area contributed by atoms with Gasteiger partial charge in [0.1, 0.15) is 18.1 Å². The number of benzene rings is 1. The van der Waals surface area contributed by atoms with Crippen molar-refractivity contribution < 1.29 is 14.1 Å². The molecule has 0 saturated heterocycles. The molecule has 0 unspecified atom stereocenters. The van der Waals surface area contributed by atoms with Gasteiger partial charge in [-0.2, -0.15) is 5.10 Å². The number of ketones is 1. The lowest BCUT2D eigenvalue weighted by atomic mass is 10.0. The normalized spacial score (nSPS) is 11.0. The monoisotopic (exact) mass is 432 g/mol. The van der Waals surface area contributed by atoms with Crippen LogP contribution >= 0.6 is 0 Å². The van der Waals surface area contributed by atoms with Gasteiger partial charge >= 0.3 is 0 Å². The highest BCUT2D eigenvalue weighted by atomic mass is 16.5. The summed E-state index contributed by atoms with van der Waals surface area (Å²) in [6.07, 6.45) is 5.59. The van der Waals surface area contributed by atoms with Crippen LogP contribution in [-0.4, -0.2) is 38.0 Å². The summed E-state index contributed by atoms with van der Waals surface area (Å²) in [6.45, 7) is 6.43. The van der Waals surface area contributed by atoms with Crippen molar-refractivity contribution in [1.82, 2.24) is 25.1 Å². The molecule has 3 heterocycles. The molecular formula is C23H24N6O3. The minimum atomic E-state index is -0.141. The number of anilines is 2. The van der Waals surface area contributed by atoms with E-state index in [0.29, 0.717) is 34.7 Å². The number of Topliss-reactive ketones (excluding diaryl/α,β-unsaturated/α-hetero) is 1. The van der Waals surface area contributed by atoms with Crippen LogP contribution in [0.4, 0.5) is 11.5 Å². The average Bonchev–Trinajstić information content (AvgIpc) is 3.41. The van der Waals surface area contributed by atoms with Crippen LogP contribution < -0.4 is 10.6 Å². The molecule has 3 aromatic heterocycles. The molecule has 0 radical (unpaired) electrons. The molecule has 0 saturated carbocycles. The van der Waals surface area contributed by atoms with Gasteiger partial charge in [0, 0.05) is 30.1 Å². The topological polar surface area (TPSA) is 114 Å². The first kappa shape index (κ1) is 21.2. The van der Waals surface area contributed by atoms with Gasteiger partial charge in [0.25, 0.3) is 5.91 Å². The van der Waals surface area contributed by atoms with Gasteiger partial charge < -0.3 is 15.2 Å². The molecule has 0 aliphatic rings. The molecule has 0 aliphatic heterocycles. The number of fused-ring (bicyclic) bond motifs is 1. The highest BCUT2D eigenvalue weighted by Crippen LogP contribution is 2.27. The molecule has 0 bridgehead atoms. The van der Waals surface area contributed by atoms with E-state index in [1.807, 2.05) is 26.8 Å². The Morgan fingerprint density at radius 3 is 2.78 bits per heavy atom. The molecule has 0 aliphatic carbocycles. The zero-order valence-corrected chi connectivity index (χ0v) is 18.2. The van der Waals surface area contributed by atoms with Crippen LogP contribution in [0.5, 0.6) is 0 Å². The first-order chi connectivity index (χ1) is 15.5. The number of nitrogens with zero attached hydrogens (tertiary/aromatic N) is 4. The largest absolute Gasteiger partial charge is 0.364 e. The zero-order valence-electron chi connectivity index (χ0n) is 18.2. The molecule has 4 rings (SSSR count). The van der Waals surface area contributed by atoms with E-state index >= 15 is 0 Å². The molecule has 0 spiro atoms. The van der Waals surface area contributed by atoms with Crippen molar-refractivity contribution in [2.45, 2.75) is 33.6 Å². The Labute approximate surface area is 184 Å². The fourth-order valence-corrected chi connectivity index (χ4v) is 3.47. The minimum absolute atomic E-state index is 0.0662. The molecule has 9 heteroatoms. The number of aromatic nitrogens is 4. The first-order valence-corrected chi connectivity index (χ1v) is 10.4. The van der Waals surface area contributed by atoms with Crippen molar-refractivity contribution in [1.29, 1.82) is 0 Å². The predicted molar refractivity (Wildman–Crippen MR) is 119 cm³/mol. The van der Waals surface area contributed by atoms with Gasteiger partial charge in [-0.15, -0.1) is 0 Å². The smallest absolute Gasteiger partial charge is 0.253 e. The molecule has 1 amide bonds. The third kappa shape index (κ3) is 4.22. The zero-order chi connectivity index (χ0) is 22.7. The van der Waals surface area contributed by atoms with Gasteiger partial charge in [0.15, 0.2) is 11.6 Å². The summed E-state index contributed by atoms with van der Waals surface area (Å²) in [5.74, 6) is 0.345. The van der Waals surface area contributed by atoms with E-state index in [0.717, 1.165) is 23.2 Å². The van der Waals surface area contributed by atoms with Crippen LogP contribution in [0, 0.1) is 13.8 Å². The first-order valence-electron chi connectivity index (χ1n) is 10.4. The number of rotatable bonds is 8. The van der Waals surface area contributed by atoms with Crippen LogP contribution in [-0.2, 0) is 6.42 Å². The summed E-state index contributed by atoms with van der Waals surface area (Å²) >= 11 is 0. The van der Waals surface area contributed by atoms with Crippen molar-refractivity contribution in [3.8, 4) is 0 Å². The van der Waals surface area contributed by atoms with Gasteiger partial charge in [-0.25, -0.2) is 9.50 Å². The molecular weight excluding hydrogens is 408 g/mol. The van der Waals surface area contributed by atoms with Crippen LogP contribution in [0.2, 0.25) is 0 Å².